The van der Waals surface area contributed by atoms with Crippen molar-refractivity contribution in [1.82, 2.24) is 9.97 Å². The molecular weight excluding hydrogens is 260 g/mol. The average molecular weight is 272 g/mol. The van der Waals surface area contributed by atoms with Crippen molar-refractivity contribution in [2.24, 2.45) is 0 Å². The van der Waals surface area contributed by atoms with Gasteiger partial charge >= 0.3 is 5.97 Å². The molecule has 2 aromatic rings. The molecule has 0 bridgehead atoms. The zero-order valence-corrected chi connectivity index (χ0v) is 10.4. The molecule has 20 heavy (non-hydrogen) atoms. The van der Waals surface area contributed by atoms with Crippen LogP contribution in [0.5, 0.6) is 0 Å². The molecule has 2 aromatic heterocycles. The summed E-state index contributed by atoms with van der Waals surface area (Å²) in [5, 5.41) is 17.5. The maximum Gasteiger partial charge on any atom is 0.371 e. The van der Waals surface area contributed by atoms with Crippen LogP contribution in [-0.2, 0) is 11.2 Å². The number of hydrogen-bond donors (Lipinski definition) is 3. The molecule has 0 saturated heterocycles. The number of pyridine rings is 1. The van der Waals surface area contributed by atoms with Crippen molar-refractivity contribution in [3.63, 3.8) is 0 Å². The minimum atomic E-state index is -1.54. The van der Waals surface area contributed by atoms with E-state index in [0.717, 1.165) is 11.4 Å². The van der Waals surface area contributed by atoms with Crippen molar-refractivity contribution >= 4 is 11.8 Å². The van der Waals surface area contributed by atoms with Gasteiger partial charge in [-0.3, -0.25) is 9.78 Å². The van der Waals surface area contributed by atoms with Gasteiger partial charge in [0.2, 0.25) is 5.76 Å². The highest BCUT2D eigenvalue weighted by atomic mass is 16.4. The lowest BCUT2D eigenvalue weighted by atomic mass is 10.1. The van der Waals surface area contributed by atoms with E-state index in [0.29, 0.717) is 12.5 Å². The maximum absolute atomic E-state index is 11.7. The Morgan fingerprint density at radius 1 is 1.30 bits per heavy atom. The van der Waals surface area contributed by atoms with Gasteiger partial charge in [-0.2, -0.15) is 0 Å². The number of carboxylic acid groups (broad SMARTS) is 1. The molecule has 0 aliphatic heterocycles. The number of aliphatic carboxylic acids is 1. The van der Waals surface area contributed by atoms with E-state index in [1.165, 1.54) is 6.20 Å². The largest absolute Gasteiger partial charge is 0.502 e. The van der Waals surface area contributed by atoms with Crippen LogP contribution >= 0.6 is 0 Å². The van der Waals surface area contributed by atoms with Gasteiger partial charge in [0.15, 0.2) is 5.78 Å². The first kappa shape index (κ1) is 13.5. The number of nitrogens with one attached hydrogen (secondary N) is 1. The van der Waals surface area contributed by atoms with Crippen LogP contribution in [0.4, 0.5) is 0 Å². The number of carboxylic acids is 1. The van der Waals surface area contributed by atoms with Crippen molar-refractivity contribution in [2.75, 3.05) is 0 Å². The highest BCUT2D eigenvalue weighted by molar-refractivity contribution is 6.07. The quantitative estimate of drug-likeness (QED) is 0.436. The third-order valence-corrected chi connectivity index (χ3v) is 2.61. The Balaban J connectivity index is 2.11. The van der Waals surface area contributed by atoms with Gasteiger partial charge in [0.25, 0.3) is 0 Å². The predicted octanol–water partition coefficient (Wildman–Crippen LogP) is 1.71. The molecule has 0 radical (unpaired) electrons. The second kappa shape index (κ2) is 5.83. The Bertz CT molecular complexity index is 659. The molecule has 3 N–H and O–H groups in total. The van der Waals surface area contributed by atoms with E-state index >= 15 is 0 Å². The molecular formula is C14H12N2O4. The normalized spacial score (nSPS) is 11.3. The van der Waals surface area contributed by atoms with Gasteiger partial charge in [0.1, 0.15) is 0 Å². The van der Waals surface area contributed by atoms with Gasteiger partial charge in [-0.25, -0.2) is 4.79 Å². The Labute approximate surface area is 114 Å². The third-order valence-electron chi connectivity index (χ3n) is 2.61. The Kier molecular flexibility index (Phi) is 3.95. The minimum Gasteiger partial charge on any atom is -0.502 e. The van der Waals surface area contributed by atoms with E-state index in [1.807, 2.05) is 18.2 Å². The number of allylic oxidation sites excluding steroid dienone is 1. The SMILES string of the molecule is O=C(O)C(O)=CC(=O)c1c[nH]c(Cc2ccccn2)c1. The van der Waals surface area contributed by atoms with Crippen LogP contribution in [-0.4, -0.2) is 31.9 Å². The zero-order chi connectivity index (χ0) is 14.5. The molecule has 6 heteroatoms. The fourth-order valence-electron chi connectivity index (χ4n) is 1.65. The first-order valence-corrected chi connectivity index (χ1v) is 5.82. The van der Waals surface area contributed by atoms with E-state index in [1.54, 1.807) is 12.3 Å². The number of ketones is 1. The fourth-order valence-corrected chi connectivity index (χ4v) is 1.65. The molecule has 0 saturated carbocycles. The standard InChI is InChI=1S/C14H12N2O4/c17-12(7-13(18)14(19)20)9-5-11(16-8-9)6-10-3-1-2-4-15-10/h1-5,7-8,16,18H,6H2,(H,19,20). The van der Waals surface area contributed by atoms with Crippen molar-refractivity contribution in [1.29, 1.82) is 0 Å². The molecule has 0 aliphatic carbocycles. The van der Waals surface area contributed by atoms with Gasteiger partial charge in [0.05, 0.1) is 0 Å². The molecule has 0 unspecified atom stereocenters. The summed E-state index contributed by atoms with van der Waals surface area (Å²) in [4.78, 5) is 29.2. The number of aromatic amines is 1. The summed E-state index contributed by atoms with van der Waals surface area (Å²) in [6.07, 6.45) is 4.35. The molecule has 2 heterocycles. The molecule has 0 spiro atoms. The molecule has 6 nitrogen and oxygen atoms in total. The van der Waals surface area contributed by atoms with Crippen LogP contribution in [0.25, 0.3) is 0 Å². The number of H-pyrrole nitrogens is 1. The van der Waals surface area contributed by atoms with Gasteiger partial charge in [-0.05, 0) is 18.2 Å². The Hall–Kier alpha value is -2.89. The summed E-state index contributed by atoms with van der Waals surface area (Å²) in [5.41, 5.74) is 1.90. The lowest BCUT2D eigenvalue weighted by molar-refractivity contribution is -0.135. The second-order valence-electron chi connectivity index (χ2n) is 4.11. The van der Waals surface area contributed by atoms with E-state index < -0.39 is 17.5 Å². The number of carbonyl (C=O) groups excluding carboxylic acids is 1. The lowest BCUT2D eigenvalue weighted by Crippen LogP contribution is -2.03. The van der Waals surface area contributed by atoms with Gasteiger partial charge < -0.3 is 15.2 Å². The predicted molar refractivity (Wildman–Crippen MR) is 70.5 cm³/mol. The number of aliphatic hydroxyl groups is 1. The zero-order valence-electron chi connectivity index (χ0n) is 10.4. The number of aliphatic hydroxyl groups excluding tert-OH is 1. The number of rotatable bonds is 5. The molecule has 0 atom stereocenters. The van der Waals surface area contributed by atoms with Crippen molar-refractivity contribution in [2.45, 2.75) is 6.42 Å². The average Bonchev–Trinajstić information content (AvgIpc) is 2.88. The molecule has 102 valence electrons. The van der Waals surface area contributed by atoms with Crippen molar-refractivity contribution in [3.8, 4) is 0 Å². The van der Waals surface area contributed by atoms with E-state index in [9.17, 15) is 9.59 Å². The van der Waals surface area contributed by atoms with Gasteiger partial charge in [0, 0.05) is 41.8 Å². The first-order valence-electron chi connectivity index (χ1n) is 5.82. The topological polar surface area (TPSA) is 103 Å². The maximum atomic E-state index is 11.7. The summed E-state index contributed by atoms with van der Waals surface area (Å²) in [7, 11) is 0. The second-order valence-corrected chi connectivity index (χ2v) is 4.11. The Morgan fingerprint density at radius 2 is 2.10 bits per heavy atom. The summed E-state index contributed by atoms with van der Waals surface area (Å²) < 4.78 is 0. The minimum absolute atomic E-state index is 0.281. The summed E-state index contributed by atoms with van der Waals surface area (Å²) in [6.45, 7) is 0. The number of hydrogen-bond acceptors (Lipinski definition) is 4. The molecule has 0 amide bonds. The van der Waals surface area contributed by atoms with Crippen molar-refractivity contribution < 1.29 is 19.8 Å². The highest BCUT2D eigenvalue weighted by Crippen LogP contribution is 2.10. The van der Waals surface area contributed by atoms with Crippen LogP contribution in [0.2, 0.25) is 0 Å². The molecule has 0 fully saturated rings. The van der Waals surface area contributed by atoms with Crippen LogP contribution in [0, 0.1) is 0 Å². The molecule has 0 aliphatic rings. The summed E-state index contributed by atoms with van der Waals surface area (Å²) in [6, 6.07) is 7.14. The highest BCUT2D eigenvalue weighted by Gasteiger charge is 2.11. The number of nitrogens with zero attached hydrogens (tertiary/aromatic N) is 1. The summed E-state index contributed by atoms with van der Waals surface area (Å²) in [5.74, 6) is -3.10. The van der Waals surface area contributed by atoms with E-state index in [2.05, 4.69) is 9.97 Å². The van der Waals surface area contributed by atoms with Crippen LogP contribution in [0.1, 0.15) is 21.7 Å². The van der Waals surface area contributed by atoms with Crippen LogP contribution < -0.4 is 0 Å². The van der Waals surface area contributed by atoms with Crippen molar-refractivity contribution in [3.05, 3.63) is 65.4 Å². The Morgan fingerprint density at radius 3 is 2.75 bits per heavy atom. The number of aromatic nitrogens is 2. The van der Waals surface area contributed by atoms with E-state index in [-0.39, 0.29) is 5.56 Å². The van der Waals surface area contributed by atoms with E-state index in [4.69, 9.17) is 10.2 Å². The first-order chi connectivity index (χ1) is 9.56. The fraction of sp³-hybridized carbons (Fsp3) is 0.0714. The third kappa shape index (κ3) is 3.32. The molecule has 2 rings (SSSR count). The van der Waals surface area contributed by atoms with Crippen LogP contribution in [0.3, 0.4) is 0 Å². The number of carbonyl (C=O) groups is 2. The lowest BCUT2D eigenvalue weighted by Gasteiger charge is -1.96. The smallest absolute Gasteiger partial charge is 0.371 e. The molecule has 0 aromatic carbocycles. The van der Waals surface area contributed by atoms with Crippen LogP contribution in [0.15, 0.2) is 48.5 Å². The monoisotopic (exact) mass is 272 g/mol. The van der Waals surface area contributed by atoms with Gasteiger partial charge in [-0.15, -0.1) is 0 Å². The van der Waals surface area contributed by atoms with Gasteiger partial charge in [-0.1, -0.05) is 6.07 Å². The summed E-state index contributed by atoms with van der Waals surface area (Å²) >= 11 is 0.